The van der Waals surface area contributed by atoms with Crippen LogP contribution in [0.1, 0.15) is 46.0 Å². The van der Waals surface area contributed by atoms with E-state index in [1.807, 2.05) is 22.1 Å². The van der Waals surface area contributed by atoms with Crippen LogP contribution in [0.25, 0.3) is 0 Å². The average molecular weight is 345 g/mol. The van der Waals surface area contributed by atoms with Crippen molar-refractivity contribution in [2.45, 2.75) is 52.2 Å². The summed E-state index contributed by atoms with van der Waals surface area (Å²) in [6.45, 7) is 10.3. The summed E-state index contributed by atoms with van der Waals surface area (Å²) >= 11 is 0. The van der Waals surface area contributed by atoms with E-state index in [0.717, 1.165) is 18.8 Å². The van der Waals surface area contributed by atoms with Crippen LogP contribution in [-0.4, -0.2) is 48.3 Å². The summed E-state index contributed by atoms with van der Waals surface area (Å²) in [7, 11) is 0. The molecule has 0 saturated carbocycles. The van der Waals surface area contributed by atoms with Crippen molar-refractivity contribution in [3.8, 4) is 0 Å². The first-order valence-electron chi connectivity index (χ1n) is 8.76. The molecule has 2 aromatic heterocycles. The lowest BCUT2D eigenvalue weighted by molar-refractivity contribution is 0.139. The van der Waals surface area contributed by atoms with Gasteiger partial charge >= 0.3 is 6.03 Å². The van der Waals surface area contributed by atoms with E-state index >= 15 is 0 Å². The molecule has 1 fully saturated rings. The van der Waals surface area contributed by atoms with Crippen molar-refractivity contribution in [1.82, 2.24) is 34.5 Å². The van der Waals surface area contributed by atoms with Crippen LogP contribution in [0.3, 0.4) is 0 Å². The minimum absolute atomic E-state index is 0.0551. The fraction of sp³-hybridized carbons (Fsp3) is 0.647. The third-order valence-corrected chi connectivity index (χ3v) is 4.77. The molecule has 1 aliphatic heterocycles. The molecule has 8 nitrogen and oxygen atoms in total. The van der Waals surface area contributed by atoms with Crippen LogP contribution < -0.4 is 5.32 Å². The number of aromatic nitrogens is 5. The molecule has 2 aromatic rings. The zero-order valence-electron chi connectivity index (χ0n) is 15.4. The number of carbonyl (C=O) groups is 1. The van der Waals surface area contributed by atoms with Crippen molar-refractivity contribution in [2.75, 3.05) is 13.1 Å². The van der Waals surface area contributed by atoms with E-state index in [9.17, 15) is 4.79 Å². The Morgan fingerprint density at radius 3 is 2.88 bits per heavy atom. The molecule has 0 radical (unpaired) electrons. The van der Waals surface area contributed by atoms with Crippen molar-refractivity contribution >= 4 is 6.03 Å². The molecule has 2 amide bonds. The number of rotatable bonds is 3. The van der Waals surface area contributed by atoms with Crippen molar-refractivity contribution in [3.63, 3.8) is 0 Å². The quantitative estimate of drug-likeness (QED) is 0.923. The lowest BCUT2D eigenvalue weighted by atomic mass is 9.93. The van der Waals surface area contributed by atoms with E-state index in [4.69, 9.17) is 0 Å². The fourth-order valence-corrected chi connectivity index (χ4v) is 3.30. The summed E-state index contributed by atoms with van der Waals surface area (Å²) in [6.07, 6.45) is 8.09. The van der Waals surface area contributed by atoms with Gasteiger partial charge in [-0.3, -0.25) is 0 Å². The number of hydrogen-bond donors (Lipinski definition) is 1. The van der Waals surface area contributed by atoms with E-state index in [2.05, 4.69) is 52.6 Å². The standard InChI is InChI=1S/C17H27N7O/c1-13-5-7-22(10-14(13)23-8-6-18-12-23)16(25)19-9-15-20-11-21-24(15)17(2,3)4/h6,8,11-14H,5,7,9-10H2,1-4H3,(H,19,25)/t13-,14-/m0/s1. The van der Waals surface area contributed by atoms with Gasteiger partial charge in [-0.15, -0.1) is 0 Å². The molecule has 0 bridgehead atoms. The van der Waals surface area contributed by atoms with Crippen molar-refractivity contribution < 1.29 is 4.79 Å². The van der Waals surface area contributed by atoms with Gasteiger partial charge in [-0.1, -0.05) is 6.92 Å². The third kappa shape index (κ3) is 3.83. The van der Waals surface area contributed by atoms with E-state index in [-0.39, 0.29) is 17.6 Å². The van der Waals surface area contributed by atoms with E-state index in [0.29, 0.717) is 19.0 Å². The Hall–Kier alpha value is -2.38. The van der Waals surface area contributed by atoms with Crippen LogP contribution in [0, 0.1) is 5.92 Å². The summed E-state index contributed by atoms with van der Waals surface area (Å²) in [5, 5.41) is 7.25. The van der Waals surface area contributed by atoms with Gasteiger partial charge in [-0.2, -0.15) is 5.10 Å². The predicted octanol–water partition coefficient (Wildman–Crippen LogP) is 2.02. The highest BCUT2D eigenvalue weighted by molar-refractivity contribution is 5.74. The van der Waals surface area contributed by atoms with E-state index in [1.165, 1.54) is 6.33 Å². The smallest absolute Gasteiger partial charge is 0.317 e. The molecular weight excluding hydrogens is 318 g/mol. The molecule has 0 spiro atoms. The minimum atomic E-state index is -0.163. The number of hydrogen-bond acceptors (Lipinski definition) is 4. The van der Waals surface area contributed by atoms with Crippen LogP contribution in [0.15, 0.2) is 25.0 Å². The van der Waals surface area contributed by atoms with Crippen molar-refractivity contribution in [1.29, 1.82) is 0 Å². The first kappa shape index (κ1) is 17.4. The zero-order chi connectivity index (χ0) is 18.0. The van der Waals surface area contributed by atoms with Gasteiger partial charge < -0.3 is 14.8 Å². The molecular formula is C17H27N7O. The number of likely N-dealkylation sites (tertiary alicyclic amines) is 1. The van der Waals surface area contributed by atoms with Crippen LogP contribution in [0.5, 0.6) is 0 Å². The average Bonchev–Trinajstić information content (AvgIpc) is 3.24. The van der Waals surface area contributed by atoms with Gasteiger partial charge in [0, 0.05) is 25.5 Å². The summed E-state index contributed by atoms with van der Waals surface area (Å²) in [4.78, 5) is 22.9. The lowest BCUT2D eigenvalue weighted by Crippen LogP contribution is -2.48. The van der Waals surface area contributed by atoms with Gasteiger partial charge in [0.25, 0.3) is 0 Å². The van der Waals surface area contributed by atoms with Crippen molar-refractivity contribution in [2.24, 2.45) is 5.92 Å². The van der Waals surface area contributed by atoms with Gasteiger partial charge in [-0.05, 0) is 33.1 Å². The highest BCUT2D eigenvalue weighted by Gasteiger charge is 2.30. The molecule has 0 unspecified atom stereocenters. The number of nitrogens with one attached hydrogen (secondary N) is 1. The lowest BCUT2D eigenvalue weighted by Gasteiger charge is -2.37. The number of nitrogens with zero attached hydrogens (tertiary/aromatic N) is 6. The van der Waals surface area contributed by atoms with Crippen LogP contribution >= 0.6 is 0 Å². The maximum atomic E-state index is 12.6. The summed E-state index contributed by atoms with van der Waals surface area (Å²) < 4.78 is 3.94. The van der Waals surface area contributed by atoms with Gasteiger partial charge in [0.05, 0.1) is 24.5 Å². The molecule has 3 heterocycles. The maximum absolute atomic E-state index is 12.6. The molecule has 3 rings (SSSR count). The molecule has 1 N–H and O–H groups in total. The first-order chi connectivity index (χ1) is 11.9. The monoisotopic (exact) mass is 345 g/mol. The number of urea groups is 1. The second-order valence-corrected chi connectivity index (χ2v) is 7.71. The molecule has 2 atom stereocenters. The highest BCUT2D eigenvalue weighted by Crippen LogP contribution is 2.27. The summed E-state index contributed by atoms with van der Waals surface area (Å²) in [6, 6.07) is 0.209. The SMILES string of the molecule is C[C@H]1CCN(C(=O)NCc2ncnn2C(C)(C)C)C[C@@H]1n1ccnc1. The second kappa shape index (κ2) is 6.85. The second-order valence-electron chi connectivity index (χ2n) is 7.71. The Morgan fingerprint density at radius 2 is 2.20 bits per heavy atom. The van der Waals surface area contributed by atoms with Gasteiger partial charge in [-0.25, -0.2) is 19.4 Å². The molecule has 0 aliphatic carbocycles. The van der Waals surface area contributed by atoms with E-state index < -0.39 is 0 Å². The summed E-state index contributed by atoms with van der Waals surface area (Å²) in [5.74, 6) is 1.28. The zero-order valence-corrected chi connectivity index (χ0v) is 15.4. The van der Waals surface area contributed by atoms with Gasteiger partial charge in [0.2, 0.25) is 0 Å². The van der Waals surface area contributed by atoms with E-state index in [1.54, 1.807) is 6.20 Å². The first-order valence-corrected chi connectivity index (χ1v) is 8.76. The number of amides is 2. The normalized spacial score (nSPS) is 21.4. The Morgan fingerprint density at radius 1 is 1.40 bits per heavy atom. The highest BCUT2D eigenvalue weighted by atomic mass is 16.2. The van der Waals surface area contributed by atoms with Gasteiger partial charge in [0.1, 0.15) is 12.2 Å². The fourth-order valence-electron chi connectivity index (χ4n) is 3.30. The Kier molecular flexibility index (Phi) is 4.78. The largest absolute Gasteiger partial charge is 0.332 e. The molecule has 136 valence electrons. The molecule has 0 aromatic carbocycles. The maximum Gasteiger partial charge on any atom is 0.317 e. The molecule has 1 aliphatic rings. The van der Waals surface area contributed by atoms with Gasteiger partial charge in [0.15, 0.2) is 0 Å². The summed E-state index contributed by atoms with van der Waals surface area (Å²) in [5.41, 5.74) is -0.163. The third-order valence-electron chi connectivity index (χ3n) is 4.77. The molecule has 8 heteroatoms. The molecule has 25 heavy (non-hydrogen) atoms. The number of imidazole rings is 1. The number of piperidine rings is 1. The topological polar surface area (TPSA) is 80.9 Å². The Bertz CT molecular complexity index is 701. The Balaban J connectivity index is 1.61. The minimum Gasteiger partial charge on any atom is -0.332 e. The van der Waals surface area contributed by atoms with Crippen LogP contribution in [0.4, 0.5) is 4.79 Å². The van der Waals surface area contributed by atoms with Crippen LogP contribution in [0.2, 0.25) is 0 Å². The van der Waals surface area contributed by atoms with Crippen LogP contribution in [-0.2, 0) is 12.1 Å². The predicted molar refractivity (Wildman–Crippen MR) is 93.9 cm³/mol. The number of carbonyl (C=O) groups excluding carboxylic acids is 1. The van der Waals surface area contributed by atoms with Crippen molar-refractivity contribution in [3.05, 3.63) is 30.9 Å². The Labute approximate surface area is 148 Å². The molecule has 1 saturated heterocycles.